The molecule has 1 nitrogen and oxygen atoms in total. The highest BCUT2D eigenvalue weighted by Crippen LogP contribution is 2.45. The van der Waals surface area contributed by atoms with E-state index in [0.29, 0.717) is 0 Å². The summed E-state index contributed by atoms with van der Waals surface area (Å²) in [6.45, 7) is 0.0670. The zero-order valence-electron chi connectivity index (χ0n) is 21.4. The zero-order chi connectivity index (χ0) is 26.4. The van der Waals surface area contributed by atoms with Gasteiger partial charge in [-0.2, -0.15) is 0 Å². The number of hydrogen-bond acceptors (Lipinski definition) is 1. The second kappa shape index (κ2) is 8.23. The van der Waals surface area contributed by atoms with Gasteiger partial charge in [-0.15, -0.1) is 0 Å². The summed E-state index contributed by atoms with van der Waals surface area (Å²) in [7, 11) is 0. The molecule has 0 N–H and O–H groups in total. The first kappa shape index (κ1) is 22.3. The molecule has 186 valence electrons. The summed E-state index contributed by atoms with van der Waals surface area (Å²) in [5.41, 5.74) is 11.8. The van der Waals surface area contributed by atoms with Gasteiger partial charge in [-0.25, -0.2) is 4.39 Å². The van der Waals surface area contributed by atoms with E-state index in [-0.39, 0.29) is 12.5 Å². The van der Waals surface area contributed by atoms with Crippen LogP contribution >= 0.6 is 11.8 Å². The van der Waals surface area contributed by atoms with Crippen molar-refractivity contribution < 1.29 is 4.39 Å². The molecule has 0 spiro atoms. The van der Waals surface area contributed by atoms with Crippen molar-refractivity contribution in [1.82, 2.24) is 4.57 Å². The largest absolute Gasteiger partial charge is 0.310 e. The molecule has 0 bridgehead atoms. The predicted octanol–water partition coefficient (Wildman–Crippen LogP) is 7.55. The molecule has 0 saturated heterocycles. The van der Waals surface area contributed by atoms with Crippen LogP contribution in [0.1, 0.15) is 0 Å². The molecule has 40 heavy (non-hydrogen) atoms. The van der Waals surface area contributed by atoms with E-state index in [1.54, 1.807) is 23.9 Å². The predicted molar refractivity (Wildman–Crippen MR) is 167 cm³/mol. The Kier molecular flexibility index (Phi) is 4.59. The third kappa shape index (κ3) is 2.94. The quantitative estimate of drug-likeness (QED) is 0.209. The fourth-order valence-electron chi connectivity index (χ4n) is 6.98. The van der Waals surface area contributed by atoms with Crippen LogP contribution in [0.5, 0.6) is 0 Å². The third-order valence-electron chi connectivity index (χ3n) is 8.51. The van der Waals surface area contributed by atoms with Crippen molar-refractivity contribution in [2.24, 2.45) is 0 Å². The van der Waals surface area contributed by atoms with E-state index in [0.717, 1.165) is 16.1 Å². The average Bonchev–Trinajstić information content (AvgIpc) is 3.35. The monoisotopic (exact) mass is 529 g/mol. The highest BCUT2D eigenvalue weighted by Gasteiger charge is 2.39. The number of hydrogen-bond donors (Lipinski definition) is 0. The Morgan fingerprint density at radius 1 is 0.625 bits per heavy atom. The summed E-state index contributed by atoms with van der Waals surface area (Å²) in [6.07, 6.45) is 0. The second-order valence-electron chi connectivity index (χ2n) is 10.6. The Labute approximate surface area is 236 Å². The fraction of sp³-hybridized carbons (Fsp3) is 0. The Balaban J connectivity index is 1.49. The zero-order valence-corrected chi connectivity index (χ0v) is 22.3. The Morgan fingerprint density at radius 2 is 1.35 bits per heavy atom. The van der Waals surface area contributed by atoms with Crippen LogP contribution in [0, 0.1) is 5.82 Å². The Hall–Kier alpha value is -4.54. The first-order valence-corrected chi connectivity index (χ1v) is 14.4. The van der Waals surface area contributed by atoms with Gasteiger partial charge in [0.25, 0.3) is 0 Å². The molecule has 0 amide bonds. The van der Waals surface area contributed by atoms with Crippen LogP contribution in [0.2, 0.25) is 0 Å². The van der Waals surface area contributed by atoms with Crippen LogP contribution in [0.15, 0.2) is 137 Å². The van der Waals surface area contributed by atoms with E-state index >= 15 is 4.39 Å². The standard InChI is InChI=1S/C36H21BFNS/c38-24-20-30-35-32(21-24)40-31-17-8-7-15-27(31)37(35)28-16-9-14-26-34-29(39(30)36(26)28)19-18-25(22-10-3-1-4-11-22)33(34)23-12-5-2-6-13-23/h1-21H. The molecular formula is C36H21BFNS. The number of benzene rings is 6. The van der Waals surface area contributed by atoms with Gasteiger partial charge in [0.15, 0.2) is 0 Å². The van der Waals surface area contributed by atoms with Crippen LogP contribution in [0.3, 0.4) is 0 Å². The number of aromatic nitrogens is 1. The summed E-state index contributed by atoms with van der Waals surface area (Å²) < 4.78 is 17.7. The van der Waals surface area contributed by atoms with Crippen molar-refractivity contribution in [2.75, 3.05) is 0 Å². The van der Waals surface area contributed by atoms with Crippen molar-refractivity contribution in [3.63, 3.8) is 0 Å². The van der Waals surface area contributed by atoms with E-state index in [9.17, 15) is 0 Å². The highest BCUT2D eigenvalue weighted by atomic mass is 32.2. The number of fused-ring (bicyclic) bond motifs is 7. The summed E-state index contributed by atoms with van der Waals surface area (Å²) >= 11 is 1.68. The van der Waals surface area contributed by atoms with Gasteiger partial charge >= 0.3 is 0 Å². The smallest absolute Gasteiger partial charge is 0.249 e. The van der Waals surface area contributed by atoms with E-state index < -0.39 is 0 Å². The molecule has 0 radical (unpaired) electrons. The lowest BCUT2D eigenvalue weighted by atomic mass is 9.35. The number of para-hydroxylation sites is 1. The molecule has 2 aliphatic rings. The minimum atomic E-state index is -0.196. The molecule has 9 rings (SSSR count). The normalized spacial score (nSPS) is 13.0. The average molecular weight is 529 g/mol. The van der Waals surface area contributed by atoms with E-state index in [4.69, 9.17) is 0 Å². The van der Waals surface area contributed by atoms with Crippen molar-refractivity contribution >= 4 is 56.7 Å². The highest BCUT2D eigenvalue weighted by molar-refractivity contribution is 8.00. The maximum Gasteiger partial charge on any atom is 0.249 e. The molecule has 0 saturated carbocycles. The molecule has 7 aromatic rings. The maximum atomic E-state index is 15.3. The van der Waals surface area contributed by atoms with Gasteiger partial charge < -0.3 is 4.57 Å². The first-order valence-electron chi connectivity index (χ1n) is 13.6. The summed E-state index contributed by atoms with van der Waals surface area (Å²) in [6, 6.07) is 44.5. The van der Waals surface area contributed by atoms with Crippen LogP contribution in [0.4, 0.5) is 4.39 Å². The molecule has 0 fully saturated rings. The number of halogens is 1. The summed E-state index contributed by atoms with van der Waals surface area (Å²) in [4.78, 5) is 2.21. The van der Waals surface area contributed by atoms with Crippen LogP contribution in [-0.2, 0) is 0 Å². The van der Waals surface area contributed by atoms with E-state index in [1.165, 1.54) is 59.8 Å². The van der Waals surface area contributed by atoms with Gasteiger partial charge in [-0.3, -0.25) is 0 Å². The van der Waals surface area contributed by atoms with Crippen LogP contribution in [0.25, 0.3) is 49.7 Å². The molecule has 0 unspecified atom stereocenters. The van der Waals surface area contributed by atoms with Crippen molar-refractivity contribution in [3.05, 3.63) is 133 Å². The molecular weight excluding hydrogens is 508 g/mol. The van der Waals surface area contributed by atoms with Crippen molar-refractivity contribution in [1.29, 1.82) is 0 Å². The first-order chi connectivity index (χ1) is 19.8. The van der Waals surface area contributed by atoms with Gasteiger partial charge in [0.05, 0.1) is 5.52 Å². The lowest BCUT2D eigenvalue weighted by Crippen LogP contribution is -2.58. The van der Waals surface area contributed by atoms with Crippen molar-refractivity contribution in [2.45, 2.75) is 9.79 Å². The topological polar surface area (TPSA) is 4.93 Å². The Morgan fingerprint density at radius 3 is 2.17 bits per heavy atom. The van der Waals surface area contributed by atoms with Gasteiger partial charge in [-0.05, 0) is 57.4 Å². The minimum absolute atomic E-state index is 0.0670. The molecule has 4 heteroatoms. The lowest BCUT2D eigenvalue weighted by Gasteiger charge is -2.33. The molecule has 2 aliphatic heterocycles. The number of rotatable bonds is 2. The molecule has 1 aromatic heterocycles. The fourth-order valence-corrected chi connectivity index (χ4v) is 8.17. The third-order valence-corrected chi connectivity index (χ3v) is 9.66. The van der Waals surface area contributed by atoms with Gasteiger partial charge in [0.2, 0.25) is 6.71 Å². The maximum absolute atomic E-state index is 15.3. The Bertz CT molecular complexity index is 2150. The van der Waals surface area contributed by atoms with Crippen LogP contribution in [-0.4, -0.2) is 11.3 Å². The van der Waals surface area contributed by atoms with E-state index in [1.807, 2.05) is 0 Å². The summed E-state index contributed by atoms with van der Waals surface area (Å²) in [5.74, 6) is -0.196. The molecule has 0 aliphatic carbocycles. The second-order valence-corrected chi connectivity index (χ2v) is 11.7. The van der Waals surface area contributed by atoms with Gasteiger partial charge in [-0.1, -0.05) is 120 Å². The van der Waals surface area contributed by atoms with Crippen molar-refractivity contribution in [3.8, 4) is 27.9 Å². The minimum Gasteiger partial charge on any atom is -0.310 e. The molecule has 0 atom stereocenters. The SMILES string of the molecule is Fc1cc2c3c(c1)-n1c4ccc(-c5ccccc5)c(-c5ccccc5)c4c4cccc(c41)B3c1ccccc1S2. The molecule has 3 heterocycles. The molecule has 6 aromatic carbocycles. The number of nitrogens with zero attached hydrogens (tertiary/aromatic N) is 1. The lowest BCUT2D eigenvalue weighted by molar-refractivity contribution is 0.624. The van der Waals surface area contributed by atoms with E-state index in [2.05, 4.69) is 120 Å². The van der Waals surface area contributed by atoms with Gasteiger partial charge in [0.1, 0.15) is 5.82 Å². The van der Waals surface area contributed by atoms with Crippen LogP contribution < -0.4 is 16.4 Å². The van der Waals surface area contributed by atoms with Gasteiger partial charge in [0, 0.05) is 31.8 Å². The summed E-state index contributed by atoms with van der Waals surface area (Å²) in [5, 5.41) is 2.42.